The SMILES string of the molecule is Cc1cc(Nc2ncc3cc(Cl)c(C4CCN([C@@]5(C)COC[C@H]5O)CC4)cc3n2)n(C)n1. The standard InChI is InChI=1S/C23H29ClN6O2/c1-14-8-21(29(3)28-14)27-22-25-11-16-9-18(24)17(10-19(16)26-22)15-4-6-30(7-5-15)23(2)13-32-12-20(23)31/h8-11,15,20,31H,4-7,12-13H2,1-3H3,(H,25,26,27)/t20-,23+/m1/s1. The molecule has 9 heteroatoms. The van der Waals surface area contributed by atoms with Crippen LogP contribution in [0.2, 0.25) is 5.02 Å². The molecule has 2 fully saturated rings. The van der Waals surface area contributed by atoms with Crippen LogP contribution in [0.4, 0.5) is 11.8 Å². The predicted octanol–water partition coefficient (Wildman–Crippen LogP) is 3.40. The zero-order valence-corrected chi connectivity index (χ0v) is 19.4. The molecule has 2 atom stereocenters. The summed E-state index contributed by atoms with van der Waals surface area (Å²) in [5.41, 5.74) is 2.64. The van der Waals surface area contributed by atoms with Crippen LogP contribution in [0.15, 0.2) is 24.4 Å². The van der Waals surface area contributed by atoms with E-state index in [2.05, 4.69) is 33.3 Å². The Kier molecular flexibility index (Phi) is 5.57. The summed E-state index contributed by atoms with van der Waals surface area (Å²) in [5.74, 6) is 1.74. The average Bonchev–Trinajstić information content (AvgIpc) is 3.28. The Morgan fingerprint density at radius 3 is 2.69 bits per heavy atom. The van der Waals surface area contributed by atoms with Crippen molar-refractivity contribution in [3.05, 3.63) is 40.7 Å². The van der Waals surface area contributed by atoms with Gasteiger partial charge in [0.25, 0.3) is 0 Å². The summed E-state index contributed by atoms with van der Waals surface area (Å²) >= 11 is 6.69. The number of aryl methyl sites for hydroxylation is 2. The topological polar surface area (TPSA) is 88.3 Å². The highest BCUT2D eigenvalue weighted by Gasteiger charge is 2.45. The van der Waals surface area contributed by atoms with Gasteiger partial charge in [0.1, 0.15) is 5.82 Å². The Hall–Kier alpha value is -2.26. The summed E-state index contributed by atoms with van der Waals surface area (Å²) in [5, 5.41) is 19.7. The molecule has 2 N–H and O–H groups in total. The van der Waals surface area contributed by atoms with Gasteiger partial charge in [0, 0.05) is 29.7 Å². The van der Waals surface area contributed by atoms with Crippen molar-refractivity contribution in [2.45, 2.75) is 44.2 Å². The lowest BCUT2D eigenvalue weighted by Crippen LogP contribution is -2.56. The number of anilines is 2. The molecule has 0 aliphatic carbocycles. The van der Waals surface area contributed by atoms with Crippen LogP contribution in [0.3, 0.4) is 0 Å². The van der Waals surface area contributed by atoms with Gasteiger partial charge in [-0.05, 0) is 63.4 Å². The number of hydrogen-bond acceptors (Lipinski definition) is 7. The fraction of sp³-hybridized carbons (Fsp3) is 0.522. The molecule has 0 spiro atoms. The molecule has 5 rings (SSSR count). The van der Waals surface area contributed by atoms with E-state index in [1.165, 1.54) is 0 Å². The number of likely N-dealkylation sites (tertiary alicyclic amines) is 1. The fourth-order valence-electron chi connectivity index (χ4n) is 4.94. The third kappa shape index (κ3) is 3.85. The molecular formula is C23H29ClN6O2. The lowest BCUT2D eigenvalue weighted by Gasteiger charge is -2.43. The highest BCUT2D eigenvalue weighted by atomic mass is 35.5. The van der Waals surface area contributed by atoms with Gasteiger partial charge >= 0.3 is 0 Å². The third-order valence-corrected chi connectivity index (χ3v) is 7.31. The number of nitrogens with one attached hydrogen (secondary N) is 1. The number of aliphatic hydroxyl groups is 1. The fourth-order valence-corrected chi connectivity index (χ4v) is 5.27. The summed E-state index contributed by atoms with van der Waals surface area (Å²) in [4.78, 5) is 11.5. The molecule has 2 saturated heterocycles. The van der Waals surface area contributed by atoms with E-state index in [1.54, 1.807) is 10.9 Å². The Balaban J connectivity index is 1.36. The normalized spacial score (nSPS) is 25.0. The van der Waals surface area contributed by atoms with Gasteiger partial charge in [-0.1, -0.05) is 11.6 Å². The van der Waals surface area contributed by atoms with Crippen molar-refractivity contribution in [2.24, 2.45) is 7.05 Å². The van der Waals surface area contributed by atoms with Crippen LogP contribution >= 0.6 is 11.6 Å². The number of aliphatic hydroxyl groups excluding tert-OH is 1. The monoisotopic (exact) mass is 456 g/mol. The van der Waals surface area contributed by atoms with Gasteiger partial charge < -0.3 is 15.2 Å². The number of ether oxygens (including phenoxy) is 1. The van der Waals surface area contributed by atoms with Crippen LogP contribution < -0.4 is 5.32 Å². The first-order valence-electron chi connectivity index (χ1n) is 11.1. The van der Waals surface area contributed by atoms with E-state index >= 15 is 0 Å². The number of nitrogens with zero attached hydrogens (tertiary/aromatic N) is 5. The van der Waals surface area contributed by atoms with Gasteiger partial charge in [-0.3, -0.25) is 9.58 Å². The second-order valence-corrected chi connectivity index (χ2v) is 9.60. The highest BCUT2D eigenvalue weighted by molar-refractivity contribution is 6.32. The summed E-state index contributed by atoms with van der Waals surface area (Å²) in [6.45, 7) is 6.87. The molecule has 8 nitrogen and oxygen atoms in total. The molecule has 170 valence electrons. The summed E-state index contributed by atoms with van der Waals surface area (Å²) in [6.07, 6.45) is 3.33. The van der Waals surface area contributed by atoms with Crippen molar-refractivity contribution in [3.63, 3.8) is 0 Å². The van der Waals surface area contributed by atoms with Crippen LogP contribution in [-0.2, 0) is 11.8 Å². The van der Waals surface area contributed by atoms with E-state index in [0.29, 0.717) is 25.1 Å². The van der Waals surface area contributed by atoms with Gasteiger partial charge in [-0.15, -0.1) is 0 Å². The predicted molar refractivity (Wildman–Crippen MR) is 125 cm³/mol. The molecule has 0 unspecified atom stereocenters. The number of fused-ring (bicyclic) bond motifs is 1. The maximum Gasteiger partial charge on any atom is 0.228 e. The summed E-state index contributed by atoms with van der Waals surface area (Å²) in [6, 6.07) is 6.03. The maximum absolute atomic E-state index is 10.4. The van der Waals surface area contributed by atoms with Gasteiger partial charge in [0.15, 0.2) is 0 Å². The highest BCUT2D eigenvalue weighted by Crippen LogP contribution is 2.38. The van der Waals surface area contributed by atoms with Gasteiger partial charge in [0.2, 0.25) is 5.95 Å². The molecule has 0 saturated carbocycles. The lowest BCUT2D eigenvalue weighted by atomic mass is 9.85. The first-order valence-corrected chi connectivity index (χ1v) is 11.5. The van der Waals surface area contributed by atoms with Crippen molar-refractivity contribution < 1.29 is 9.84 Å². The quantitative estimate of drug-likeness (QED) is 0.622. The molecule has 2 aliphatic heterocycles. The lowest BCUT2D eigenvalue weighted by molar-refractivity contribution is -0.00211. The van der Waals surface area contributed by atoms with E-state index in [1.807, 2.05) is 26.1 Å². The average molecular weight is 457 g/mol. The van der Waals surface area contributed by atoms with E-state index in [0.717, 1.165) is 58.9 Å². The zero-order chi connectivity index (χ0) is 22.5. The minimum atomic E-state index is -0.436. The van der Waals surface area contributed by atoms with Crippen molar-refractivity contribution in [2.75, 3.05) is 31.6 Å². The van der Waals surface area contributed by atoms with Crippen LogP contribution in [0.25, 0.3) is 10.9 Å². The smallest absolute Gasteiger partial charge is 0.228 e. The number of halogens is 1. The number of rotatable bonds is 4. The molecule has 0 bridgehead atoms. The van der Waals surface area contributed by atoms with Crippen LogP contribution in [0, 0.1) is 6.92 Å². The van der Waals surface area contributed by atoms with Crippen LogP contribution in [0.1, 0.15) is 36.9 Å². The van der Waals surface area contributed by atoms with Gasteiger partial charge in [-0.2, -0.15) is 5.10 Å². The van der Waals surface area contributed by atoms with Crippen LogP contribution in [-0.4, -0.2) is 67.7 Å². The molecule has 0 amide bonds. The second-order valence-electron chi connectivity index (χ2n) is 9.20. The molecule has 0 radical (unpaired) electrons. The van der Waals surface area contributed by atoms with Crippen molar-refractivity contribution >= 4 is 34.3 Å². The first-order chi connectivity index (χ1) is 15.3. The Morgan fingerprint density at radius 1 is 1.25 bits per heavy atom. The maximum atomic E-state index is 10.4. The largest absolute Gasteiger partial charge is 0.389 e. The molecule has 4 heterocycles. The summed E-state index contributed by atoms with van der Waals surface area (Å²) < 4.78 is 7.30. The molecular weight excluding hydrogens is 428 g/mol. The minimum Gasteiger partial charge on any atom is -0.389 e. The van der Waals surface area contributed by atoms with Crippen molar-refractivity contribution in [3.8, 4) is 0 Å². The van der Waals surface area contributed by atoms with Crippen LogP contribution in [0.5, 0.6) is 0 Å². The van der Waals surface area contributed by atoms with Crippen molar-refractivity contribution in [1.82, 2.24) is 24.6 Å². The molecule has 3 aromatic rings. The van der Waals surface area contributed by atoms with E-state index in [4.69, 9.17) is 21.3 Å². The number of piperidine rings is 1. The van der Waals surface area contributed by atoms with E-state index < -0.39 is 6.10 Å². The number of benzene rings is 1. The molecule has 2 aliphatic rings. The van der Waals surface area contributed by atoms with Crippen molar-refractivity contribution in [1.29, 1.82) is 0 Å². The molecule has 32 heavy (non-hydrogen) atoms. The van der Waals surface area contributed by atoms with Gasteiger partial charge in [-0.25, -0.2) is 9.97 Å². The Bertz CT molecular complexity index is 1140. The van der Waals surface area contributed by atoms with E-state index in [9.17, 15) is 5.11 Å². The summed E-state index contributed by atoms with van der Waals surface area (Å²) in [7, 11) is 1.89. The number of hydrogen-bond donors (Lipinski definition) is 2. The third-order valence-electron chi connectivity index (χ3n) is 6.99. The minimum absolute atomic E-state index is 0.296. The second kappa shape index (κ2) is 8.26. The zero-order valence-electron chi connectivity index (χ0n) is 18.7. The molecule has 2 aromatic heterocycles. The Labute approximate surface area is 192 Å². The Morgan fingerprint density at radius 2 is 2.03 bits per heavy atom. The number of aromatic nitrogens is 4. The first kappa shape index (κ1) is 21.6. The van der Waals surface area contributed by atoms with E-state index in [-0.39, 0.29) is 5.54 Å². The van der Waals surface area contributed by atoms with Gasteiger partial charge in [0.05, 0.1) is 36.1 Å². The molecule has 1 aromatic carbocycles.